The third-order valence-corrected chi connectivity index (χ3v) is 2.55. The zero-order valence-corrected chi connectivity index (χ0v) is 10.0. The molecule has 0 unspecified atom stereocenters. The molecule has 6 nitrogen and oxygen atoms in total. The minimum absolute atomic E-state index is 0.0459. The number of nitrogens with zero attached hydrogens (tertiary/aromatic N) is 2. The van der Waals surface area contributed by atoms with Gasteiger partial charge in [-0.05, 0) is 11.6 Å². The Labute approximate surface area is 111 Å². The maximum atomic E-state index is 12.8. The number of alkyl halides is 3. The molecular weight excluding hydrogens is 275 g/mol. The van der Waals surface area contributed by atoms with Crippen LogP contribution in [0.5, 0.6) is 0 Å². The van der Waals surface area contributed by atoms with Crippen LogP contribution in [0.25, 0.3) is 0 Å². The van der Waals surface area contributed by atoms with E-state index < -0.39 is 17.6 Å². The quantitative estimate of drug-likeness (QED) is 0.792. The van der Waals surface area contributed by atoms with E-state index in [0.29, 0.717) is 0 Å². The Hall–Kier alpha value is -2.58. The lowest BCUT2D eigenvalue weighted by molar-refractivity contribution is -0.138. The molecule has 0 bridgehead atoms. The first-order chi connectivity index (χ1) is 9.39. The molecule has 106 valence electrons. The lowest BCUT2D eigenvalue weighted by atomic mass is 10.1. The van der Waals surface area contributed by atoms with Crippen LogP contribution in [0.4, 0.5) is 19.0 Å². The van der Waals surface area contributed by atoms with Crippen LogP contribution in [0.1, 0.15) is 21.6 Å². The smallest absolute Gasteiger partial charge is 0.380 e. The van der Waals surface area contributed by atoms with Gasteiger partial charge in [-0.2, -0.15) is 18.4 Å². The fourth-order valence-electron chi connectivity index (χ4n) is 1.62. The number of hydrogen-bond acceptors (Lipinski definition) is 4. The van der Waals surface area contributed by atoms with Crippen LogP contribution in [0, 0.1) is 0 Å². The highest BCUT2D eigenvalue weighted by atomic mass is 19.4. The Balaban J connectivity index is 2.12. The number of nitrogen functional groups attached to an aromatic ring is 1. The number of rotatable bonds is 3. The molecular formula is C11H10F3N5O. The van der Waals surface area contributed by atoms with E-state index in [-0.39, 0.29) is 23.6 Å². The molecule has 4 N–H and O–H groups in total. The molecule has 1 heterocycles. The predicted molar refractivity (Wildman–Crippen MR) is 63.4 cm³/mol. The van der Waals surface area contributed by atoms with Gasteiger partial charge in [-0.25, -0.2) is 0 Å². The third kappa shape index (κ3) is 2.87. The number of halogens is 3. The van der Waals surface area contributed by atoms with E-state index in [1.54, 1.807) is 0 Å². The van der Waals surface area contributed by atoms with Gasteiger partial charge in [0.2, 0.25) is 0 Å². The molecule has 0 spiro atoms. The number of anilines is 1. The van der Waals surface area contributed by atoms with Gasteiger partial charge in [0, 0.05) is 6.54 Å². The number of nitrogens with two attached hydrogens (primary N) is 1. The van der Waals surface area contributed by atoms with Crippen molar-refractivity contribution in [1.82, 2.24) is 20.7 Å². The van der Waals surface area contributed by atoms with Gasteiger partial charge >= 0.3 is 6.18 Å². The first-order valence-corrected chi connectivity index (χ1v) is 5.49. The zero-order chi connectivity index (χ0) is 14.8. The number of benzene rings is 1. The summed E-state index contributed by atoms with van der Waals surface area (Å²) in [4.78, 5) is 11.7. The summed E-state index contributed by atoms with van der Waals surface area (Å²) in [5.41, 5.74) is 4.36. The maximum absolute atomic E-state index is 12.8. The topological polar surface area (TPSA) is 96.7 Å². The van der Waals surface area contributed by atoms with Gasteiger partial charge in [-0.15, -0.1) is 10.2 Å². The van der Waals surface area contributed by atoms with Gasteiger partial charge in [0.05, 0.1) is 5.56 Å². The molecule has 0 atom stereocenters. The van der Waals surface area contributed by atoms with Crippen molar-refractivity contribution in [2.24, 2.45) is 0 Å². The summed E-state index contributed by atoms with van der Waals surface area (Å²) in [6, 6.07) is 4.98. The van der Waals surface area contributed by atoms with Crippen LogP contribution in [0.3, 0.4) is 0 Å². The fourth-order valence-corrected chi connectivity index (χ4v) is 1.62. The Morgan fingerprint density at radius 3 is 2.60 bits per heavy atom. The van der Waals surface area contributed by atoms with E-state index in [2.05, 4.69) is 20.7 Å². The Morgan fingerprint density at radius 1 is 1.30 bits per heavy atom. The summed E-state index contributed by atoms with van der Waals surface area (Å²) < 4.78 is 38.3. The van der Waals surface area contributed by atoms with Crippen LogP contribution >= 0.6 is 0 Å². The van der Waals surface area contributed by atoms with Crippen molar-refractivity contribution in [3.05, 3.63) is 41.1 Å². The van der Waals surface area contributed by atoms with E-state index in [1.807, 2.05) is 0 Å². The van der Waals surface area contributed by atoms with Crippen LogP contribution < -0.4 is 11.1 Å². The summed E-state index contributed by atoms with van der Waals surface area (Å²) in [6.07, 6.45) is -4.48. The second kappa shape index (κ2) is 5.19. The molecule has 0 saturated heterocycles. The van der Waals surface area contributed by atoms with Crippen molar-refractivity contribution in [2.75, 3.05) is 5.73 Å². The molecule has 9 heteroatoms. The Kier molecular flexibility index (Phi) is 3.59. The lowest BCUT2D eigenvalue weighted by Crippen LogP contribution is -2.25. The van der Waals surface area contributed by atoms with Crippen molar-refractivity contribution in [3.8, 4) is 0 Å². The lowest BCUT2D eigenvalue weighted by Gasteiger charge is -2.12. The van der Waals surface area contributed by atoms with Gasteiger partial charge in [0.15, 0.2) is 11.5 Å². The number of H-pyrrole nitrogens is 1. The standard InChI is InChI=1S/C11H10F3N5O/c12-11(13,14)7-4-2-1-3-6(7)5-16-10(20)8-9(15)18-19-17-8/h1-4H,5H2,(H,16,20)(H3,15,17,18,19). The number of nitrogens with one attached hydrogen (secondary N) is 2. The normalized spacial score (nSPS) is 11.3. The monoisotopic (exact) mass is 285 g/mol. The van der Waals surface area contributed by atoms with Crippen LogP contribution in [0.15, 0.2) is 24.3 Å². The zero-order valence-electron chi connectivity index (χ0n) is 10.0. The summed E-state index contributed by atoms with van der Waals surface area (Å²) in [5.74, 6) is -0.820. The number of aromatic nitrogens is 3. The van der Waals surface area contributed by atoms with Crippen molar-refractivity contribution >= 4 is 11.7 Å². The molecule has 0 aliphatic carbocycles. The molecule has 2 rings (SSSR count). The van der Waals surface area contributed by atoms with E-state index >= 15 is 0 Å². The van der Waals surface area contributed by atoms with E-state index in [0.717, 1.165) is 6.07 Å². The van der Waals surface area contributed by atoms with Crippen molar-refractivity contribution in [2.45, 2.75) is 12.7 Å². The molecule has 20 heavy (non-hydrogen) atoms. The summed E-state index contributed by atoms with van der Waals surface area (Å²) >= 11 is 0. The first-order valence-electron chi connectivity index (χ1n) is 5.49. The second-order valence-electron chi connectivity index (χ2n) is 3.90. The molecule has 1 aromatic carbocycles. The molecule has 0 aliphatic rings. The van der Waals surface area contributed by atoms with Gasteiger partial charge in [-0.3, -0.25) is 4.79 Å². The van der Waals surface area contributed by atoms with E-state index in [4.69, 9.17) is 5.73 Å². The van der Waals surface area contributed by atoms with Crippen LogP contribution in [-0.2, 0) is 12.7 Å². The number of aromatic amines is 1. The van der Waals surface area contributed by atoms with E-state index in [9.17, 15) is 18.0 Å². The number of carbonyl (C=O) groups excluding carboxylic acids is 1. The highest BCUT2D eigenvalue weighted by molar-refractivity contribution is 5.96. The SMILES string of the molecule is Nc1n[nH]nc1C(=O)NCc1ccccc1C(F)(F)F. The van der Waals surface area contributed by atoms with Gasteiger partial charge in [0.25, 0.3) is 5.91 Å². The molecule has 1 amide bonds. The minimum Gasteiger partial charge on any atom is -0.380 e. The molecule has 0 fully saturated rings. The van der Waals surface area contributed by atoms with Crippen molar-refractivity contribution < 1.29 is 18.0 Å². The summed E-state index contributed by atoms with van der Waals surface area (Å²) in [5, 5.41) is 11.4. The highest BCUT2D eigenvalue weighted by Crippen LogP contribution is 2.31. The number of hydrogen-bond donors (Lipinski definition) is 3. The highest BCUT2D eigenvalue weighted by Gasteiger charge is 2.32. The van der Waals surface area contributed by atoms with Crippen LogP contribution in [-0.4, -0.2) is 21.3 Å². The number of carbonyl (C=O) groups is 1. The van der Waals surface area contributed by atoms with E-state index in [1.165, 1.54) is 18.2 Å². The second-order valence-corrected chi connectivity index (χ2v) is 3.90. The summed E-state index contributed by atoms with van der Waals surface area (Å²) in [7, 11) is 0. The molecule has 0 saturated carbocycles. The predicted octanol–water partition coefficient (Wildman–Crippen LogP) is 1.34. The van der Waals surface area contributed by atoms with Gasteiger partial charge in [0.1, 0.15) is 0 Å². The third-order valence-electron chi connectivity index (χ3n) is 2.55. The van der Waals surface area contributed by atoms with Gasteiger partial charge < -0.3 is 11.1 Å². The average Bonchev–Trinajstić information content (AvgIpc) is 2.81. The first kappa shape index (κ1) is 13.8. The Morgan fingerprint density at radius 2 is 2.00 bits per heavy atom. The Bertz CT molecular complexity index is 623. The van der Waals surface area contributed by atoms with Gasteiger partial charge in [-0.1, -0.05) is 18.2 Å². The summed E-state index contributed by atoms with van der Waals surface area (Å²) in [6.45, 7) is -0.291. The van der Waals surface area contributed by atoms with Crippen molar-refractivity contribution in [1.29, 1.82) is 0 Å². The maximum Gasteiger partial charge on any atom is 0.416 e. The van der Waals surface area contributed by atoms with Crippen LogP contribution in [0.2, 0.25) is 0 Å². The van der Waals surface area contributed by atoms with Crippen molar-refractivity contribution in [3.63, 3.8) is 0 Å². The number of amides is 1. The minimum atomic E-state index is -4.48. The fraction of sp³-hybridized carbons (Fsp3) is 0.182. The molecule has 1 aromatic heterocycles. The average molecular weight is 285 g/mol. The molecule has 0 radical (unpaired) electrons. The largest absolute Gasteiger partial charge is 0.416 e. The molecule has 0 aliphatic heterocycles. The molecule has 2 aromatic rings.